The molecule has 1 amide bonds. The minimum atomic E-state index is -1.01. The van der Waals surface area contributed by atoms with Crippen molar-refractivity contribution < 1.29 is 19.4 Å². The maximum absolute atomic E-state index is 11.3. The van der Waals surface area contributed by atoms with Crippen molar-refractivity contribution in [2.45, 2.75) is 13.0 Å². The molecule has 0 spiro atoms. The fourth-order valence-electron chi connectivity index (χ4n) is 2.09. The molecular weight excluding hydrogens is 284 g/mol. The largest absolute Gasteiger partial charge is 0.481 e. The van der Waals surface area contributed by atoms with Gasteiger partial charge in [-0.05, 0) is 25.1 Å². The van der Waals surface area contributed by atoms with Crippen LogP contribution in [0.5, 0.6) is 0 Å². The van der Waals surface area contributed by atoms with Gasteiger partial charge in [-0.1, -0.05) is 11.6 Å². The molecule has 6 nitrogen and oxygen atoms in total. The third-order valence-electron chi connectivity index (χ3n) is 3.52. The summed E-state index contributed by atoms with van der Waals surface area (Å²) in [6.45, 7) is 2.06. The molecular formula is C13H15ClN2O4. The maximum Gasteiger partial charge on any atom is 0.313 e. The van der Waals surface area contributed by atoms with Crippen molar-refractivity contribution in [1.29, 1.82) is 0 Å². The average molecular weight is 299 g/mol. The minimum Gasteiger partial charge on any atom is -0.481 e. The van der Waals surface area contributed by atoms with Crippen LogP contribution in [0.1, 0.15) is 17.3 Å². The molecule has 1 aromatic rings. The van der Waals surface area contributed by atoms with Crippen LogP contribution in [-0.4, -0.2) is 36.2 Å². The van der Waals surface area contributed by atoms with Crippen LogP contribution in [0, 0.1) is 5.41 Å². The summed E-state index contributed by atoms with van der Waals surface area (Å²) >= 11 is 5.96. The lowest BCUT2D eigenvalue weighted by atomic mass is 9.85. The van der Waals surface area contributed by atoms with Crippen LogP contribution in [0.15, 0.2) is 18.2 Å². The van der Waals surface area contributed by atoms with Crippen molar-refractivity contribution in [2.24, 2.45) is 11.1 Å². The fraction of sp³-hybridized carbons (Fsp3) is 0.385. The molecule has 2 rings (SSSR count). The average Bonchev–Trinajstić information content (AvgIpc) is 2.72. The second kappa shape index (κ2) is 5.30. The molecule has 0 bridgehead atoms. The molecule has 0 radical (unpaired) electrons. The first-order valence-electron chi connectivity index (χ1n) is 6.01. The zero-order valence-corrected chi connectivity index (χ0v) is 11.6. The Morgan fingerprint density at radius 1 is 1.55 bits per heavy atom. The third kappa shape index (κ3) is 2.57. The summed E-state index contributed by atoms with van der Waals surface area (Å²) in [4.78, 5) is 22.4. The number of anilines is 1. The molecule has 4 N–H and O–H groups in total. The minimum absolute atomic E-state index is 0.146. The van der Waals surface area contributed by atoms with Crippen LogP contribution in [0.2, 0.25) is 5.02 Å². The van der Waals surface area contributed by atoms with E-state index in [1.54, 1.807) is 19.1 Å². The van der Waals surface area contributed by atoms with Crippen LogP contribution < -0.4 is 11.1 Å². The van der Waals surface area contributed by atoms with E-state index in [0.29, 0.717) is 5.69 Å². The number of aliphatic carboxylic acids is 1. The SMILES string of the molecule is CC1(C(=O)O)COCC1Nc1ccc(C(N)=O)c(Cl)c1. The van der Waals surface area contributed by atoms with Crippen LogP contribution >= 0.6 is 11.6 Å². The molecule has 1 heterocycles. The Morgan fingerprint density at radius 3 is 2.80 bits per heavy atom. The zero-order valence-electron chi connectivity index (χ0n) is 10.9. The second-order valence-electron chi connectivity index (χ2n) is 4.99. The van der Waals surface area contributed by atoms with E-state index < -0.39 is 17.3 Å². The van der Waals surface area contributed by atoms with Gasteiger partial charge in [-0.2, -0.15) is 0 Å². The summed E-state index contributed by atoms with van der Waals surface area (Å²) in [5, 5.41) is 12.6. The van der Waals surface area contributed by atoms with Gasteiger partial charge in [0.2, 0.25) is 5.91 Å². The molecule has 1 aromatic carbocycles. The zero-order chi connectivity index (χ0) is 14.9. The molecule has 108 valence electrons. The van der Waals surface area contributed by atoms with E-state index in [1.165, 1.54) is 6.07 Å². The second-order valence-corrected chi connectivity index (χ2v) is 5.40. The van der Waals surface area contributed by atoms with Gasteiger partial charge in [0.05, 0.1) is 29.8 Å². The molecule has 20 heavy (non-hydrogen) atoms. The highest BCUT2D eigenvalue weighted by atomic mass is 35.5. The van der Waals surface area contributed by atoms with E-state index >= 15 is 0 Å². The molecule has 2 atom stereocenters. The van der Waals surface area contributed by atoms with Crippen molar-refractivity contribution in [2.75, 3.05) is 18.5 Å². The van der Waals surface area contributed by atoms with Gasteiger partial charge in [0, 0.05) is 5.69 Å². The van der Waals surface area contributed by atoms with Crippen molar-refractivity contribution >= 4 is 29.2 Å². The van der Waals surface area contributed by atoms with E-state index in [1.807, 2.05) is 0 Å². The van der Waals surface area contributed by atoms with Crippen LogP contribution in [0.25, 0.3) is 0 Å². The molecule has 0 saturated carbocycles. The Balaban J connectivity index is 2.20. The molecule has 0 aromatic heterocycles. The number of rotatable bonds is 4. The Labute approximate surface area is 120 Å². The van der Waals surface area contributed by atoms with Gasteiger partial charge in [0.1, 0.15) is 5.41 Å². The summed E-state index contributed by atoms with van der Waals surface area (Å²) in [7, 11) is 0. The monoisotopic (exact) mass is 298 g/mol. The lowest BCUT2D eigenvalue weighted by Crippen LogP contribution is -2.43. The third-order valence-corrected chi connectivity index (χ3v) is 3.83. The quantitative estimate of drug-likeness (QED) is 0.778. The molecule has 2 unspecified atom stereocenters. The number of carboxylic acids is 1. The molecule has 1 saturated heterocycles. The Kier molecular flexibility index (Phi) is 3.87. The number of carboxylic acid groups (broad SMARTS) is 1. The van der Waals surface area contributed by atoms with Gasteiger partial charge in [-0.3, -0.25) is 9.59 Å². The number of amides is 1. The van der Waals surface area contributed by atoms with Crippen LogP contribution in [-0.2, 0) is 9.53 Å². The predicted molar refractivity (Wildman–Crippen MR) is 73.9 cm³/mol. The van der Waals surface area contributed by atoms with Gasteiger partial charge in [-0.25, -0.2) is 0 Å². The Bertz CT molecular complexity index is 563. The number of nitrogens with two attached hydrogens (primary N) is 1. The van der Waals surface area contributed by atoms with E-state index in [9.17, 15) is 14.7 Å². The van der Waals surface area contributed by atoms with Gasteiger partial charge in [-0.15, -0.1) is 0 Å². The number of hydrogen-bond donors (Lipinski definition) is 3. The topological polar surface area (TPSA) is 102 Å². The number of ether oxygens (including phenoxy) is 1. The van der Waals surface area contributed by atoms with Gasteiger partial charge in [0.25, 0.3) is 0 Å². The summed E-state index contributed by atoms with van der Waals surface area (Å²) in [5.74, 6) is -1.53. The summed E-state index contributed by atoms with van der Waals surface area (Å²) < 4.78 is 5.25. The van der Waals surface area contributed by atoms with E-state index in [4.69, 9.17) is 22.1 Å². The first-order chi connectivity index (χ1) is 9.34. The highest BCUT2D eigenvalue weighted by Crippen LogP contribution is 2.32. The lowest BCUT2D eigenvalue weighted by molar-refractivity contribution is -0.148. The van der Waals surface area contributed by atoms with Crippen molar-refractivity contribution in [3.8, 4) is 0 Å². The smallest absolute Gasteiger partial charge is 0.313 e. The molecule has 1 aliphatic rings. The molecule has 1 fully saturated rings. The van der Waals surface area contributed by atoms with Gasteiger partial charge in [0.15, 0.2) is 0 Å². The van der Waals surface area contributed by atoms with Crippen LogP contribution in [0.4, 0.5) is 5.69 Å². The van der Waals surface area contributed by atoms with Gasteiger partial charge < -0.3 is 20.9 Å². The fourth-order valence-corrected chi connectivity index (χ4v) is 2.36. The standard InChI is InChI=1S/C13H15ClN2O4/c1-13(12(18)19)6-20-5-10(13)16-7-2-3-8(11(15)17)9(14)4-7/h2-4,10,16H,5-6H2,1H3,(H2,15,17)(H,18,19). The number of primary amides is 1. The van der Waals surface area contributed by atoms with Crippen molar-refractivity contribution in [3.63, 3.8) is 0 Å². The predicted octanol–water partition coefficient (Wildman–Crippen LogP) is 1.34. The Hall–Kier alpha value is -1.79. The summed E-state index contributed by atoms with van der Waals surface area (Å²) in [6.07, 6.45) is 0. The number of carbonyl (C=O) groups excluding carboxylic acids is 1. The van der Waals surface area contributed by atoms with E-state index in [0.717, 1.165) is 0 Å². The normalized spacial score (nSPS) is 25.4. The number of halogens is 1. The summed E-state index contributed by atoms with van der Waals surface area (Å²) in [5.41, 5.74) is 5.00. The van der Waals surface area contributed by atoms with Crippen molar-refractivity contribution in [3.05, 3.63) is 28.8 Å². The van der Waals surface area contributed by atoms with E-state index in [-0.39, 0.29) is 29.8 Å². The molecule has 0 aliphatic carbocycles. The number of benzene rings is 1. The first kappa shape index (κ1) is 14.6. The first-order valence-corrected chi connectivity index (χ1v) is 6.39. The highest BCUT2D eigenvalue weighted by molar-refractivity contribution is 6.34. The Morgan fingerprint density at radius 2 is 2.25 bits per heavy atom. The molecule has 1 aliphatic heterocycles. The maximum atomic E-state index is 11.3. The van der Waals surface area contributed by atoms with Crippen molar-refractivity contribution in [1.82, 2.24) is 0 Å². The number of carbonyl (C=O) groups is 2. The number of nitrogens with one attached hydrogen (secondary N) is 1. The highest BCUT2D eigenvalue weighted by Gasteiger charge is 2.46. The number of hydrogen-bond acceptors (Lipinski definition) is 4. The molecule has 7 heteroatoms. The van der Waals surface area contributed by atoms with E-state index in [2.05, 4.69) is 5.32 Å². The van der Waals surface area contributed by atoms with Crippen LogP contribution in [0.3, 0.4) is 0 Å². The lowest BCUT2D eigenvalue weighted by Gasteiger charge is -2.26. The van der Waals surface area contributed by atoms with Gasteiger partial charge >= 0.3 is 5.97 Å². The summed E-state index contributed by atoms with van der Waals surface area (Å²) in [6, 6.07) is 4.30.